The Labute approximate surface area is 156 Å². The third-order valence-corrected chi connectivity index (χ3v) is 4.82. The van der Waals surface area contributed by atoms with Crippen molar-refractivity contribution in [2.45, 2.75) is 19.4 Å². The molecule has 0 fully saturated rings. The average Bonchev–Trinajstić information content (AvgIpc) is 3.42. The molecule has 4 heterocycles. The van der Waals surface area contributed by atoms with Crippen LogP contribution in [0.15, 0.2) is 33.7 Å². The monoisotopic (exact) mass is 385 g/mol. The van der Waals surface area contributed by atoms with E-state index in [2.05, 4.69) is 19.9 Å². The number of benzene rings is 1. The van der Waals surface area contributed by atoms with Crippen LogP contribution < -0.4 is 0 Å². The number of nitrogens with one attached hydrogen (secondary N) is 1. The van der Waals surface area contributed by atoms with E-state index in [0.717, 1.165) is 17.8 Å². The highest BCUT2D eigenvalue weighted by Crippen LogP contribution is 2.36. The minimum absolute atomic E-state index is 0.0300. The summed E-state index contributed by atoms with van der Waals surface area (Å²) in [7, 11) is 0. The van der Waals surface area contributed by atoms with Crippen LogP contribution in [0.5, 0.6) is 0 Å². The first kappa shape index (κ1) is 16.6. The molecule has 0 saturated carbocycles. The van der Waals surface area contributed by atoms with Crippen molar-refractivity contribution in [1.29, 1.82) is 0 Å². The standard InChI is InChI=1S/C18H13F2N5O3/c1-8-15(27-7-23-8)18(26)25-5-4-11-13(22-6-21-11)14(25)17-24-12-9(19)2-3-10(20)16(12)28-17/h2-3,6-7,14H,4-5H2,1H3,(H,21,22)/t14-/m0/s1. The fourth-order valence-corrected chi connectivity index (χ4v) is 3.46. The molecule has 1 aromatic carbocycles. The van der Waals surface area contributed by atoms with Crippen molar-refractivity contribution in [3.05, 3.63) is 65.2 Å². The Balaban J connectivity index is 1.67. The zero-order valence-corrected chi connectivity index (χ0v) is 14.6. The van der Waals surface area contributed by atoms with E-state index in [1.807, 2.05) is 0 Å². The Hall–Kier alpha value is -3.56. The number of carbonyl (C=O) groups excluding carboxylic acids is 1. The topological polar surface area (TPSA) is 101 Å². The van der Waals surface area contributed by atoms with E-state index in [1.54, 1.807) is 6.92 Å². The molecule has 142 valence electrons. The number of aryl methyl sites for hydroxylation is 1. The van der Waals surface area contributed by atoms with Crippen LogP contribution >= 0.6 is 0 Å². The molecule has 1 atom stereocenters. The highest BCUT2D eigenvalue weighted by Gasteiger charge is 2.39. The number of halogens is 2. The predicted octanol–water partition coefficient (Wildman–Crippen LogP) is 2.91. The molecular weight excluding hydrogens is 372 g/mol. The van der Waals surface area contributed by atoms with Gasteiger partial charge in [0.2, 0.25) is 11.7 Å². The number of H-pyrrole nitrogens is 1. The lowest BCUT2D eigenvalue weighted by molar-refractivity contribution is 0.0634. The molecule has 1 N–H and O–H groups in total. The first-order valence-corrected chi connectivity index (χ1v) is 8.52. The molecule has 1 amide bonds. The number of imidazole rings is 1. The maximum absolute atomic E-state index is 14.1. The number of aromatic nitrogens is 4. The number of oxazole rings is 2. The van der Waals surface area contributed by atoms with Crippen molar-refractivity contribution < 1.29 is 22.4 Å². The molecule has 3 aromatic heterocycles. The van der Waals surface area contributed by atoms with Gasteiger partial charge in [0, 0.05) is 18.7 Å². The lowest BCUT2D eigenvalue weighted by atomic mass is 10.0. The van der Waals surface area contributed by atoms with Crippen molar-refractivity contribution in [2.24, 2.45) is 0 Å². The number of rotatable bonds is 2. The van der Waals surface area contributed by atoms with Crippen LogP contribution in [0.25, 0.3) is 11.1 Å². The molecule has 0 aliphatic carbocycles. The molecule has 1 aliphatic rings. The second-order valence-corrected chi connectivity index (χ2v) is 6.44. The summed E-state index contributed by atoms with van der Waals surface area (Å²) in [4.78, 5) is 29.9. The Morgan fingerprint density at radius 1 is 1.29 bits per heavy atom. The Morgan fingerprint density at radius 2 is 2.11 bits per heavy atom. The number of carbonyl (C=O) groups is 1. The minimum Gasteiger partial charge on any atom is -0.438 e. The van der Waals surface area contributed by atoms with Gasteiger partial charge in [0.1, 0.15) is 5.52 Å². The van der Waals surface area contributed by atoms with Gasteiger partial charge < -0.3 is 18.7 Å². The SMILES string of the molecule is Cc1ncoc1C(=O)N1CCc2[nH]cnc2[C@H]1c1nc2c(F)ccc(F)c2o1. The predicted molar refractivity (Wildman–Crippen MR) is 90.3 cm³/mol. The van der Waals surface area contributed by atoms with Gasteiger partial charge in [-0.05, 0) is 19.1 Å². The van der Waals surface area contributed by atoms with E-state index in [1.165, 1.54) is 17.6 Å². The molecule has 28 heavy (non-hydrogen) atoms. The Kier molecular flexibility index (Phi) is 3.54. The second kappa shape index (κ2) is 5.98. The third kappa shape index (κ3) is 2.34. The maximum Gasteiger partial charge on any atom is 0.292 e. The smallest absolute Gasteiger partial charge is 0.292 e. The van der Waals surface area contributed by atoms with Crippen LogP contribution in [-0.4, -0.2) is 37.3 Å². The first-order chi connectivity index (χ1) is 13.5. The molecule has 1 aliphatic heterocycles. The Bertz CT molecular complexity index is 1170. The quantitative estimate of drug-likeness (QED) is 0.569. The van der Waals surface area contributed by atoms with E-state index in [4.69, 9.17) is 8.83 Å². The summed E-state index contributed by atoms with van der Waals surface area (Å²) in [6, 6.07) is 1.08. The van der Waals surface area contributed by atoms with Crippen LogP contribution in [0.4, 0.5) is 8.78 Å². The third-order valence-electron chi connectivity index (χ3n) is 4.82. The van der Waals surface area contributed by atoms with E-state index in [9.17, 15) is 13.6 Å². The molecule has 5 rings (SSSR count). The van der Waals surface area contributed by atoms with Crippen molar-refractivity contribution in [3.63, 3.8) is 0 Å². The molecule has 0 bridgehead atoms. The van der Waals surface area contributed by atoms with Gasteiger partial charge in [-0.1, -0.05) is 0 Å². The van der Waals surface area contributed by atoms with Gasteiger partial charge in [0.05, 0.1) is 17.7 Å². The van der Waals surface area contributed by atoms with Gasteiger partial charge in [-0.25, -0.2) is 23.7 Å². The lowest BCUT2D eigenvalue weighted by Gasteiger charge is -2.32. The minimum atomic E-state index is -0.863. The van der Waals surface area contributed by atoms with Crippen LogP contribution in [0, 0.1) is 18.6 Å². The highest BCUT2D eigenvalue weighted by molar-refractivity contribution is 5.93. The normalized spacial score (nSPS) is 16.5. The summed E-state index contributed by atoms with van der Waals surface area (Å²) in [5.74, 6) is -1.84. The number of hydrogen-bond donors (Lipinski definition) is 1. The van der Waals surface area contributed by atoms with Gasteiger partial charge in [-0.3, -0.25) is 4.79 Å². The molecule has 0 saturated heterocycles. The summed E-state index contributed by atoms with van der Waals surface area (Å²) in [6.45, 7) is 1.96. The molecule has 4 aromatic rings. The molecule has 0 unspecified atom stereocenters. The summed E-state index contributed by atoms with van der Waals surface area (Å²) < 4.78 is 39.0. The summed E-state index contributed by atoms with van der Waals surface area (Å²) >= 11 is 0. The second-order valence-electron chi connectivity index (χ2n) is 6.44. The van der Waals surface area contributed by atoms with E-state index >= 15 is 0 Å². The van der Waals surface area contributed by atoms with Crippen molar-refractivity contribution in [2.75, 3.05) is 6.54 Å². The highest BCUT2D eigenvalue weighted by atomic mass is 19.1. The fourth-order valence-electron chi connectivity index (χ4n) is 3.46. The van der Waals surface area contributed by atoms with Crippen LogP contribution in [0.3, 0.4) is 0 Å². The van der Waals surface area contributed by atoms with Crippen LogP contribution in [-0.2, 0) is 6.42 Å². The summed E-state index contributed by atoms with van der Waals surface area (Å²) in [5, 5.41) is 0. The fraction of sp³-hybridized carbons (Fsp3) is 0.222. The van der Waals surface area contributed by atoms with Gasteiger partial charge in [0.25, 0.3) is 5.91 Å². The number of hydrogen-bond acceptors (Lipinski definition) is 6. The van der Waals surface area contributed by atoms with E-state index in [-0.39, 0.29) is 22.8 Å². The van der Waals surface area contributed by atoms with Crippen molar-refractivity contribution in [1.82, 2.24) is 24.8 Å². The number of fused-ring (bicyclic) bond motifs is 2. The lowest BCUT2D eigenvalue weighted by Crippen LogP contribution is -2.41. The summed E-state index contributed by atoms with van der Waals surface area (Å²) in [5.41, 5.74) is 1.20. The molecule has 0 spiro atoms. The maximum atomic E-state index is 14.1. The average molecular weight is 385 g/mol. The van der Waals surface area contributed by atoms with Gasteiger partial charge in [-0.15, -0.1) is 0 Å². The first-order valence-electron chi connectivity index (χ1n) is 8.52. The number of nitrogens with zero attached hydrogens (tertiary/aromatic N) is 4. The van der Waals surface area contributed by atoms with Crippen LogP contribution in [0.2, 0.25) is 0 Å². The van der Waals surface area contributed by atoms with Crippen molar-refractivity contribution >= 4 is 17.0 Å². The molecular formula is C18H13F2N5O3. The molecule has 10 heteroatoms. The summed E-state index contributed by atoms with van der Waals surface area (Å²) in [6.07, 6.45) is 3.20. The molecule has 8 nitrogen and oxygen atoms in total. The van der Waals surface area contributed by atoms with Gasteiger partial charge in [-0.2, -0.15) is 0 Å². The number of aromatic amines is 1. The zero-order chi connectivity index (χ0) is 19.4. The Morgan fingerprint density at radius 3 is 2.86 bits per heavy atom. The van der Waals surface area contributed by atoms with E-state index < -0.39 is 23.6 Å². The van der Waals surface area contributed by atoms with Crippen molar-refractivity contribution in [3.8, 4) is 0 Å². The molecule has 0 radical (unpaired) electrons. The van der Waals surface area contributed by atoms with Gasteiger partial charge >= 0.3 is 0 Å². The number of amides is 1. The zero-order valence-electron chi connectivity index (χ0n) is 14.6. The van der Waals surface area contributed by atoms with Crippen LogP contribution in [0.1, 0.15) is 39.6 Å². The largest absolute Gasteiger partial charge is 0.438 e. The van der Waals surface area contributed by atoms with Gasteiger partial charge in [0.15, 0.2) is 29.7 Å². The van der Waals surface area contributed by atoms with E-state index in [0.29, 0.717) is 24.4 Å².